The number of hydrogen-bond donors (Lipinski definition) is 0. The Morgan fingerprint density at radius 2 is 0.325 bits per heavy atom. The Balaban J connectivity index is 0.000000159. The van der Waals surface area contributed by atoms with Gasteiger partial charge in [-0.05, 0) is 163 Å². The highest BCUT2D eigenvalue weighted by Crippen LogP contribution is 2.38. The van der Waals surface area contributed by atoms with E-state index in [1.54, 1.807) is 12.4 Å². The molecule has 10 nitrogen and oxygen atoms in total. The molecule has 0 fully saturated rings. The van der Waals surface area contributed by atoms with Crippen molar-refractivity contribution in [1.29, 1.82) is 0 Å². The highest BCUT2D eigenvalue weighted by Gasteiger charge is 2.19. The van der Waals surface area contributed by atoms with Crippen molar-refractivity contribution < 1.29 is 0 Å². The quantitative estimate of drug-likeness (QED) is 0.0819. The summed E-state index contributed by atoms with van der Waals surface area (Å²) >= 11 is 0. The molecule has 0 aliphatic heterocycles. The first kappa shape index (κ1) is 73.8. The maximum absolute atomic E-state index is 5.11. The molecule has 0 N–H and O–H groups in total. The highest BCUT2D eigenvalue weighted by atomic mass is 14.9. The second kappa shape index (κ2) is 34.4. The van der Waals surface area contributed by atoms with Gasteiger partial charge < -0.3 is 0 Å². The van der Waals surface area contributed by atoms with E-state index < -0.39 is 0 Å². The van der Waals surface area contributed by atoms with Gasteiger partial charge in [0, 0.05) is 57.5 Å². The van der Waals surface area contributed by atoms with Gasteiger partial charge in [-0.25, -0.2) is 34.9 Å². The van der Waals surface area contributed by atoms with Gasteiger partial charge in [-0.3, -0.25) is 15.0 Å². The fourth-order valence-corrected chi connectivity index (χ4v) is 14.9. The molecule has 0 aliphatic rings. The molecule has 0 atom stereocenters. The molecule has 10 heteroatoms. The predicted octanol–water partition coefficient (Wildman–Crippen LogP) is 27.3. The smallest absolute Gasteiger partial charge is 0.160 e. The van der Waals surface area contributed by atoms with Crippen molar-refractivity contribution >= 4 is 0 Å². The number of nitrogens with zero attached hydrogens (tertiary/aromatic N) is 10. The lowest BCUT2D eigenvalue weighted by Gasteiger charge is -2.11. The summed E-state index contributed by atoms with van der Waals surface area (Å²) in [6.45, 7) is 0. The molecule has 8 heterocycles. The van der Waals surface area contributed by atoms with E-state index in [1.807, 2.05) is 128 Å². The Morgan fingerprint density at radius 1 is 0.100 bits per heavy atom. The van der Waals surface area contributed by atoms with Gasteiger partial charge in [-0.15, -0.1) is 0 Å². The van der Waals surface area contributed by atoms with Crippen molar-refractivity contribution in [2.24, 2.45) is 0 Å². The average Bonchev–Trinajstić information content (AvgIpc) is 0.803. The first-order valence-corrected chi connectivity index (χ1v) is 40.0. The lowest BCUT2D eigenvalue weighted by atomic mass is 9.98. The van der Waals surface area contributed by atoms with Crippen LogP contribution in [0.3, 0.4) is 0 Å². The van der Waals surface area contributed by atoms with Crippen LogP contribution in [0.15, 0.2) is 449 Å². The van der Waals surface area contributed by atoms with Crippen LogP contribution in [0.2, 0.25) is 0 Å². The first-order chi connectivity index (χ1) is 59.4. The number of benzene rings is 12. The Labute approximate surface area is 697 Å². The molecule has 20 rings (SSSR count). The summed E-state index contributed by atoms with van der Waals surface area (Å²) in [4.78, 5) is 49.4. The molecule has 0 spiro atoms. The van der Waals surface area contributed by atoms with Crippen LogP contribution in [0.4, 0.5) is 0 Å². The molecule has 0 bridgehead atoms. The van der Waals surface area contributed by atoms with E-state index in [9.17, 15) is 0 Å². The second-order valence-corrected chi connectivity index (χ2v) is 29.1. The van der Waals surface area contributed by atoms with Crippen molar-refractivity contribution in [3.05, 3.63) is 449 Å². The maximum atomic E-state index is 5.11. The van der Waals surface area contributed by atoms with E-state index in [-0.39, 0.29) is 0 Å². The van der Waals surface area contributed by atoms with Gasteiger partial charge >= 0.3 is 0 Å². The molecule has 0 unspecified atom stereocenters. The molecule has 12 aromatic carbocycles. The van der Waals surface area contributed by atoms with Gasteiger partial charge in [-0.2, -0.15) is 0 Å². The topological polar surface area (TPSA) is 129 Å². The zero-order valence-corrected chi connectivity index (χ0v) is 65.2. The lowest BCUT2D eigenvalue weighted by Crippen LogP contribution is -1.96. The zero-order valence-electron chi connectivity index (χ0n) is 65.2. The molecule has 0 aliphatic carbocycles. The molecular formula is C110H74N10. The van der Waals surface area contributed by atoms with Crippen LogP contribution in [-0.2, 0) is 0 Å². The third-order valence-electron chi connectivity index (χ3n) is 21.3. The summed E-state index contributed by atoms with van der Waals surface area (Å²) in [6.07, 6.45) is 5.45. The van der Waals surface area contributed by atoms with E-state index in [0.717, 1.165) is 169 Å². The van der Waals surface area contributed by atoms with Crippen LogP contribution in [0.25, 0.3) is 203 Å². The first-order valence-electron chi connectivity index (χ1n) is 40.0. The Morgan fingerprint density at radius 3 is 0.667 bits per heavy atom. The largest absolute Gasteiger partial charge is 0.255 e. The molecule has 8 aromatic heterocycles. The molecule has 0 saturated carbocycles. The van der Waals surface area contributed by atoms with Crippen LogP contribution in [0.1, 0.15) is 0 Å². The molecule has 564 valence electrons. The monoisotopic (exact) mass is 1530 g/mol. The summed E-state index contributed by atoms with van der Waals surface area (Å²) in [5.41, 5.74) is 33.6. The molecule has 0 radical (unpaired) electrons. The van der Waals surface area contributed by atoms with Crippen LogP contribution >= 0.6 is 0 Å². The maximum Gasteiger partial charge on any atom is 0.160 e. The van der Waals surface area contributed by atoms with Crippen molar-refractivity contribution in [2.75, 3.05) is 0 Å². The number of hydrogen-bond acceptors (Lipinski definition) is 10. The van der Waals surface area contributed by atoms with E-state index >= 15 is 0 Å². The van der Waals surface area contributed by atoms with E-state index in [0.29, 0.717) is 11.6 Å². The Bertz CT molecular complexity index is 6360. The zero-order chi connectivity index (χ0) is 80.2. The third kappa shape index (κ3) is 16.8. The molecule has 0 amide bonds. The van der Waals surface area contributed by atoms with Crippen molar-refractivity contribution in [3.8, 4) is 203 Å². The van der Waals surface area contributed by atoms with Crippen molar-refractivity contribution in [2.45, 2.75) is 0 Å². The minimum atomic E-state index is 0.683. The van der Waals surface area contributed by atoms with E-state index in [2.05, 4.69) is 319 Å². The number of pyridine rings is 6. The fourth-order valence-electron chi connectivity index (χ4n) is 14.9. The minimum Gasteiger partial charge on any atom is -0.255 e. The third-order valence-corrected chi connectivity index (χ3v) is 21.3. The summed E-state index contributed by atoms with van der Waals surface area (Å²) in [7, 11) is 0. The lowest BCUT2D eigenvalue weighted by molar-refractivity contribution is 1.18. The normalized spacial score (nSPS) is 11.0. The SMILES string of the molecule is c1ccc(-c2ccc(-c3cc(-c4ccccc4)nc(-c4ccc(-c5ccc(-c6cccc(-c7cc(-c8ccccc8)cc(-c8ccccn8)n7)n6)cc5)cc4)n3)cc2)cc1.c1ccc(-c2ccc(-c3cc(-c4ccccc4)nc(-c4ccc(-c5ccc(-c6ccnc(-c7cc(-c8ccccc8)cc(-c8ccccn8)n7)c6)cc5)cc4)n3)cc2)cc1. The van der Waals surface area contributed by atoms with Crippen LogP contribution in [0, 0.1) is 0 Å². The van der Waals surface area contributed by atoms with Crippen molar-refractivity contribution in [1.82, 2.24) is 49.8 Å². The predicted molar refractivity (Wildman–Crippen MR) is 489 cm³/mol. The van der Waals surface area contributed by atoms with Crippen LogP contribution < -0.4 is 0 Å². The minimum absolute atomic E-state index is 0.683. The Kier molecular flexibility index (Phi) is 21.2. The van der Waals surface area contributed by atoms with Gasteiger partial charge in [0.1, 0.15) is 0 Å². The van der Waals surface area contributed by atoms with Gasteiger partial charge in [0.05, 0.1) is 74.0 Å². The number of aromatic nitrogens is 10. The summed E-state index contributed by atoms with van der Waals surface area (Å²) in [5, 5.41) is 0. The average molecular weight is 1540 g/mol. The van der Waals surface area contributed by atoms with Crippen LogP contribution in [-0.4, -0.2) is 49.8 Å². The summed E-state index contributed by atoms with van der Waals surface area (Å²) < 4.78 is 0. The fraction of sp³-hybridized carbons (Fsp3) is 0. The van der Waals surface area contributed by atoms with Gasteiger partial charge in [0.15, 0.2) is 11.6 Å². The number of rotatable bonds is 18. The Hall–Kier alpha value is -16.3. The molecule has 120 heavy (non-hydrogen) atoms. The summed E-state index contributed by atoms with van der Waals surface area (Å²) in [5.74, 6) is 1.37. The van der Waals surface area contributed by atoms with E-state index in [1.165, 1.54) is 22.3 Å². The standard InChI is InChI=1S/2C55H37N5/c1-4-13-38(14-5-1)40-24-30-45(31-25-40)52-37-51(43-17-8-3-9-18-43)59-55(60-52)46-32-26-42(27-33-46)41-22-28-44(29-23-41)48-20-12-21-50(57-48)54-36-47(39-15-6-2-7-16-39)35-53(58-54)49-19-10-11-34-56-49;1-4-12-38(13-5-1)40-23-27-45(28-24-40)51-37-50(44-16-8-3-9-17-44)59-55(60-51)46-29-25-42(26-30-46)41-19-21-43(22-20-41)47-31-33-57-52(34-47)54-36-48(39-14-6-2-7-15-39)35-53(58-54)49-18-10-11-32-56-49/h2*1-37H. The molecule has 0 saturated heterocycles. The van der Waals surface area contributed by atoms with E-state index in [4.69, 9.17) is 39.9 Å². The second-order valence-electron chi connectivity index (χ2n) is 29.1. The highest BCUT2D eigenvalue weighted by molar-refractivity contribution is 5.83. The summed E-state index contributed by atoms with van der Waals surface area (Å²) in [6, 6.07) is 148. The van der Waals surface area contributed by atoms with Gasteiger partial charge in [-0.1, -0.05) is 346 Å². The van der Waals surface area contributed by atoms with Crippen LogP contribution in [0.5, 0.6) is 0 Å². The molecular weight excluding hydrogens is 1460 g/mol. The molecule has 20 aromatic rings. The van der Waals surface area contributed by atoms with Gasteiger partial charge in [0.2, 0.25) is 0 Å². The van der Waals surface area contributed by atoms with Gasteiger partial charge in [0.25, 0.3) is 0 Å². The van der Waals surface area contributed by atoms with Crippen molar-refractivity contribution in [3.63, 3.8) is 0 Å².